The molecule has 0 aromatic rings. The van der Waals surface area contributed by atoms with Gasteiger partial charge in [-0.3, -0.25) is 9.59 Å². The first-order valence-electron chi connectivity index (χ1n) is 28.6. The minimum Gasteiger partial charge on any atom is -0.462 e. The fourth-order valence-electron chi connectivity index (χ4n) is 8.70. The van der Waals surface area contributed by atoms with Gasteiger partial charge in [0.15, 0.2) is 0 Å². The van der Waals surface area contributed by atoms with Crippen LogP contribution < -0.4 is 5.32 Å². The molecule has 0 heterocycles. The van der Waals surface area contributed by atoms with Crippen molar-refractivity contribution in [2.75, 3.05) is 6.61 Å². The summed E-state index contributed by atoms with van der Waals surface area (Å²) >= 11 is 0. The highest BCUT2D eigenvalue weighted by molar-refractivity contribution is 5.77. The predicted octanol–water partition coefficient (Wildman–Crippen LogP) is 17.6. The maximum atomic E-state index is 13.3. The summed E-state index contributed by atoms with van der Waals surface area (Å²) in [6.45, 7) is 6.36. The molecule has 6 heteroatoms. The van der Waals surface area contributed by atoms with Crippen LogP contribution in [0.4, 0.5) is 0 Å². The minimum atomic E-state index is -0.801. The van der Waals surface area contributed by atoms with Gasteiger partial charge in [-0.25, -0.2) is 0 Å². The second kappa shape index (κ2) is 53.5. The molecule has 0 radical (unpaired) electrons. The number of hydrogen-bond donors (Lipinski definition) is 3. The van der Waals surface area contributed by atoms with E-state index in [4.69, 9.17) is 4.74 Å². The van der Waals surface area contributed by atoms with Crippen molar-refractivity contribution in [3.63, 3.8) is 0 Å². The van der Waals surface area contributed by atoms with Crippen molar-refractivity contribution in [3.05, 3.63) is 60.8 Å². The Morgan fingerprint density at radius 1 is 0.455 bits per heavy atom. The number of hydrogen-bond acceptors (Lipinski definition) is 5. The molecule has 0 saturated heterocycles. The smallest absolute Gasteiger partial charge is 0.306 e. The van der Waals surface area contributed by atoms with Crippen molar-refractivity contribution >= 4 is 11.9 Å². The van der Waals surface area contributed by atoms with Gasteiger partial charge in [0.1, 0.15) is 6.10 Å². The summed E-state index contributed by atoms with van der Waals surface area (Å²) in [6.07, 6.45) is 67.2. The Labute approximate surface area is 409 Å². The number of ether oxygens (including phenoxy) is 1. The summed E-state index contributed by atoms with van der Waals surface area (Å²) in [5.74, 6) is -0.551. The topological polar surface area (TPSA) is 95.9 Å². The lowest BCUT2D eigenvalue weighted by atomic mass is 10.0. The van der Waals surface area contributed by atoms with E-state index < -0.39 is 18.2 Å². The van der Waals surface area contributed by atoms with Gasteiger partial charge in [0.05, 0.1) is 25.2 Å². The summed E-state index contributed by atoms with van der Waals surface area (Å²) in [4.78, 5) is 26.2. The second-order valence-corrected chi connectivity index (χ2v) is 19.4. The molecule has 66 heavy (non-hydrogen) atoms. The lowest BCUT2D eigenvalue weighted by molar-refractivity contribution is -0.151. The van der Waals surface area contributed by atoms with Gasteiger partial charge in [-0.05, 0) is 38.5 Å². The molecule has 3 atom stereocenters. The number of unbranched alkanes of at least 4 members (excludes halogenated alkanes) is 33. The van der Waals surface area contributed by atoms with E-state index in [2.05, 4.69) is 38.2 Å². The summed E-state index contributed by atoms with van der Waals surface area (Å²) in [7, 11) is 0. The van der Waals surface area contributed by atoms with Gasteiger partial charge in [0.25, 0.3) is 0 Å². The van der Waals surface area contributed by atoms with E-state index in [1.165, 1.54) is 180 Å². The summed E-state index contributed by atoms with van der Waals surface area (Å²) in [5, 5.41) is 23.9. The number of carbonyl (C=O) groups excluding carboxylic acids is 2. The summed E-state index contributed by atoms with van der Waals surface area (Å²) in [5.41, 5.74) is 0. The number of nitrogens with one attached hydrogen (secondary N) is 1. The average Bonchev–Trinajstić information content (AvgIpc) is 3.31. The molecule has 0 aliphatic rings. The molecule has 0 aromatic carbocycles. The van der Waals surface area contributed by atoms with Crippen LogP contribution in [0.15, 0.2) is 60.8 Å². The van der Waals surface area contributed by atoms with Crippen molar-refractivity contribution in [2.45, 2.75) is 302 Å². The fraction of sp³-hybridized carbons (Fsp3) is 0.800. The lowest BCUT2D eigenvalue weighted by Crippen LogP contribution is -2.46. The van der Waals surface area contributed by atoms with E-state index >= 15 is 0 Å². The first-order valence-corrected chi connectivity index (χ1v) is 28.6. The Kier molecular flexibility index (Phi) is 51.5. The van der Waals surface area contributed by atoms with Crippen LogP contribution >= 0.6 is 0 Å². The zero-order valence-electron chi connectivity index (χ0n) is 43.8. The number of rotatable bonds is 51. The van der Waals surface area contributed by atoms with Crippen LogP contribution in [0.2, 0.25) is 0 Å². The molecule has 384 valence electrons. The highest BCUT2D eigenvalue weighted by Crippen LogP contribution is 2.19. The molecule has 1 amide bonds. The van der Waals surface area contributed by atoms with Crippen LogP contribution in [-0.4, -0.2) is 46.9 Å². The zero-order valence-corrected chi connectivity index (χ0v) is 43.8. The van der Waals surface area contributed by atoms with Crippen LogP contribution in [0.3, 0.4) is 0 Å². The van der Waals surface area contributed by atoms with Gasteiger partial charge in [0.2, 0.25) is 5.91 Å². The molecule has 0 aliphatic carbocycles. The SMILES string of the molecule is CC/C=C/C=C/C=C\C=C/C=C/CCCC(=O)OC(CCCCCCCCCCCCCCCCCCC)CC(=O)NC(CO)C(O)CCCCCCCCCCCCCCCCCCC. The van der Waals surface area contributed by atoms with Crippen LogP contribution in [-0.2, 0) is 14.3 Å². The molecule has 3 N–H and O–H groups in total. The highest BCUT2D eigenvalue weighted by Gasteiger charge is 2.24. The molecular formula is C60H109NO5. The molecule has 6 nitrogen and oxygen atoms in total. The molecular weight excluding hydrogens is 815 g/mol. The number of allylic oxidation sites excluding steroid dienone is 10. The Morgan fingerprint density at radius 2 is 0.803 bits per heavy atom. The maximum Gasteiger partial charge on any atom is 0.306 e. The zero-order chi connectivity index (χ0) is 48.1. The molecule has 0 spiro atoms. The van der Waals surface area contributed by atoms with Gasteiger partial charge in [-0.15, -0.1) is 0 Å². The van der Waals surface area contributed by atoms with E-state index in [-0.39, 0.29) is 24.9 Å². The molecule has 0 saturated carbocycles. The largest absolute Gasteiger partial charge is 0.462 e. The summed E-state index contributed by atoms with van der Waals surface area (Å²) in [6, 6.07) is -0.717. The third-order valence-corrected chi connectivity index (χ3v) is 13.0. The minimum absolute atomic E-state index is 0.0508. The molecule has 0 aromatic heterocycles. The van der Waals surface area contributed by atoms with Gasteiger partial charge < -0.3 is 20.3 Å². The van der Waals surface area contributed by atoms with Crippen LogP contribution in [0.25, 0.3) is 0 Å². The van der Waals surface area contributed by atoms with Crippen LogP contribution in [0.1, 0.15) is 284 Å². The molecule has 0 fully saturated rings. The van der Waals surface area contributed by atoms with Crippen molar-refractivity contribution in [1.82, 2.24) is 5.32 Å². The predicted molar refractivity (Wildman–Crippen MR) is 287 cm³/mol. The van der Waals surface area contributed by atoms with E-state index in [0.29, 0.717) is 25.7 Å². The Balaban J connectivity index is 4.58. The van der Waals surface area contributed by atoms with Crippen molar-refractivity contribution in [3.8, 4) is 0 Å². The Morgan fingerprint density at radius 3 is 1.18 bits per heavy atom. The summed E-state index contributed by atoms with van der Waals surface area (Å²) < 4.78 is 5.92. The third-order valence-electron chi connectivity index (χ3n) is 13.0. The molecule has 0 bridgehead atoms. The number of aliphatic hydroxyl groups is 2. The van der Waals surface area contributed by atoms with E-state index in [1.807, 2.05) is 48.6 Å². The Hall–Kier alpha value is -2.44. The third kappa shape index (κ3) is 48.0. The van der Waals surface area contributed by atoms with Crippen LogP contribution in [0.5, 0.6) is 0 Å². The molecule has 0 aliphatic heterocycles. The highest BCUT2D eigenvalue weighted by atomic mass is 16.5. The van der Waals surface area contributed by atoms with E-state index in [0.717, 1.165) is 51.4 Å². The molecule has 3 unspecified atom stereocenters. The lowest BCUT2D eigenvalue weighted by Gasteiger charge is -2.24. The van der Waals surface area contributed by atoms with Gasteiger partial charge in [0, 0.05) is 6.42 Å². The average molecular weight is 925 g/mol. The standard InChI is InChI=1S/C60H109NO5/c1-4-7-10-13-16-19-22-25-27-29-31-34-36-39-42-45-48-51-56(66-60(65)53-50-47-44-41-38-33-24-21-18-15-12-9-6-3)54-59(64)61-57(55-62)58(63)52-49-46-43-40-37-35-32-30-28-26-23-20-17-14-11-8-5-2/h9,12,15,18,21,24,33,38,41,44,56-58,62-63H,4-8,10-11,13-14,16-17,19-20,22-23,25-32,34-37,39-40,42-43,45-55H2,1-3H3,(H,61,64)/b12-9+,18-15+,24-21-,38-33-,44-41+. The first kappa shape index (κ1) is 63.6. The first-order chi connectivity index (χ1) is 32.5. The monoisotopic (exact) mass is 924 g/mol. The number of esters is 1. The van der Waals surface area contributed by atoms with Crippen LogP contribution in [0, 0.1) is 0 Å². The number of amides is 1. The van der Waals surface area contributed by atoms with Crippen molar-refractivity contribution in [2.24, 2.45) is 0 Å². The van der Waals surface area contributed by atoms with Gasteiger partial charge in [-0.1, -0.05) is 293 Å². The Bertz CT molecular complexity index is 1170. The van der Waals surface area contributed by atoms with E-state index in [1.54, 1.807) is 0 Å². The molecule has 0 rings (SSSR count). The second-order valence-electron chi connectivity index (χ2n) is 19.4. The van der Waals surface area contributed by atoms with Crippen molar-refractivity contribution in [1.29, 1.82) is 0 Å². The maximum absolute atomic E-state index is 13.3. The van der Waals surface area contributed by atoms with Gasteiger partial charge >= 0.3 is 5.97 Å². The number of carbonyl (C=O) groups is 2. The van der Waals surface area contributed by atoms with Gasteiger partial charge in [-0.2, -0.15) is 0 Å². The quantitative estimate of drug-likeness (QED) is 0.0321. The number of aliphatic hydroxyl groups excluding tert-OH is 2. The normalized spacial score (nSPS) is 13.6. The van der Waals surface area contributed by atoms with E-state index in [9.17, 15) is 19.8 Å². The fourth-order valence-corrected chi connectivity index (χ4v) is 8.70. The van der Waals surface area contributed by atoms with Crippen molar-refractivity contribution < 1.29 is 24.5 Å².